The van der Waals surface area contributed by atoms with Crippen molar-refractivity contribution >= 4 is 34.8 Å². The van der Waals surface area contributed by atoms with Gasteiger partial charge in [0.05, 0.1) is 22.0 Å². The molecule has 3 N–H and O–H groups in total. The SMILES string of the molecule is CC(C(=O)N[C@H](CN1CCCC1)c1ccccc1)c1cc(Cl)c(Cl)cc1N. The van der Waals surface area contributed by atoms with Crippen molar-refractivity contribution in [2.45, 2.75) is 31.7 Å². The van der Waals surface area contributed by atoms with Crippen LogP contribution in [0, 0.1) is 0 Å². The number of nitrogen functional groups attached to an aromatic ring is 1. The molecule has 1 amide bonds. The van der Waals surface area contributed by atoms with Crippen LogP contribution in [-0.2, 0) is 4.79 Å². The van der Waals surface area contributed by atoms with E-state index in [0.717, 1.165) is 25.2 Å². The fourth-order valence-corrected chi connectivity index (χ4v) is 3.88. The minimum atomic E-state index is -0.426. The predicted octanol–water partition coefficient (Wildman–Crippen LogP) is 4.63. The highest BCUT2D eigenvalue weighted by molar-refractivity contribution is 6.42. The summed E-state index contributed by atoms with van der Waals surface area (Å²) >= 11 is 12.1. The van der Waals surface area contributed by atoms with E-state index in [9.17, 15) is 4.79 Å². The highest BCUT2D eigenvalue weighted by atomic mass is 35.5. The summed E-state index contributed by atoms with van der Waals surface area (Å²) < 4.78 is 0. The van der Waals surface area contributed by atoms with Crippen LogP contribution >= 0.6 is 23.2 Å². The summed E-state index contributed by atoms with van der Waals surface area (Å²) in [5.41, 5.74) is 8.34. The molecule has 0 radical (unpaired) electrons. The third-order valence-electron chi connectivity index (χ3n) is 5.14. The molecule has 27 heavy (non-hydrogen) atoms. The van der Waals surface area contributed by atoms with Gasteiger partial charge in [0, 0.05) is 12.2 Å². The van der Waals surface area contributed by atoms with E-state index in [-0.39, 0.29) is 11.9 Å². The van der Waals surface area contributed by atoms with Gasteiger partial charge < -0.3 is 16.0 Å². The van der Waals surface area contributed by atoms with Gasteiger partial charge in [0.2, 0.25) is 5.91 Å². The van der Waals surface area contributed by atoms with E-state index in [2.05, 4.69) is 22.3 Å². The second-order valence-corrected chi connectivity index (χ2v) is 7.91. The van der Waals surface area contributed by atoms with Crippen molar-refractivity contribution in [3.8, 4) is 0 Å². The summed E-state index contributed by atoms with van der Waals surface area (Å²) in [5.74, 6) is -0.502. The zero-order chi connectivity index (χ0) is 19.4. The van der Waals surface area contributed by atoms with Crippen LogP contribution in [0.5, 0.6) is 0 Å². The van der Waals surface area contributed by atoms with Crippen LogP contribution < -0.4 is 11.1 Å². The molecular formula is C21H25Cl2N3O. The molecule has 0 aliphatic carbocycles. The number of amides is 1. The average molecular weight is 406 g/mol. The molecule has 144 valence electrons. The molecule has 2 aromatic rings. The van der Waals surface area contributed by atoms with Gasteiger partial charge in [0.15, 0.2) is 0 Å². The van der Waals surface area contributed by atoms with Crippen LogP contribution in [0.3, 0.4) is 0 Å². The maximum Gasteiger partial charge on any atom is 0.227 e. The summed E-state index contributed by atoms with van der Waals surface area (Å²) in [6, 6.07) is 13.3. The highest BCUT2D eigenvalue weighted by Gasteiger charge is 2.25. The molecule has 1 saturated heterocycles. The second kappa shape index (κ2) is 8.96. The number of anilines is 1. The third-order valence-corrected chi connectivity index (χ3v) is 5.87. The fourth-order valence-electron chi connectivity index (χ4n) is 3.53. The monoisotopic (exact) mass is 405 g/mol. The predicted molar refractivity (Wildman–Crippen MR) is 112 cm³/mol. The molecule has 0 saturated carbocycles. The number of carbonyl (C=O) groups is 1. The normalized spacial score (nSPS) is 16.9. The minimum Gasteiger partial charge on any atom is -0.398 e. The van der Waals surface area contributed by atoms with Gasteiger partial charge in [-0.1, -0.05) is 53.5 Å². The third kappa shape index (κ3) is 4.95. The Morgan fingerprint density at radius 2 is 1.78 bits per heavy atom. The van der Waals surface area contributed by atoms with Crippen molar-refractivity contribution in [2.24, 2.45) is 0 Å². The van der Waals surface area contributed by atoms with Gasteiger partial charge in [-0.25, -0.2) is 0 Å². The number of hydrogen-bond acceptors (Lipinski definition) is 3. The Balaban J connectivity index is 1.78. The molecule has 2 atom stereocenters. The van der Waals surface area contributed by atoms with Gasteiger partial charge in [-0.2, -0.15) is 0 Å². The Bertz CT molecular complexity index is 792. The number of nitrogens with two attached hydrogens (primary N) is 1. The Morgan fingerprint density at radius 3 is 2.44 bits per heavy atom. The largest absolute Gasteiger partial charge is 0.398 e. The smallest absolute Gasteiger partial charge is 0.227 e. The van der Waals surface area contributed by atoms with Crippen LogP contribution in [0.25, 0.3) is 0 Å². The summed E-state index contributed by atoms with van der Waals surface area (Å²) in [6.45, 7) is 4.80. The van der Waals surface area contributed by atoms with Crippen LogP contribution in [0.4, 0.5) is 5.69 Å². The number of hydrogen-bond donors (Lipinski definition) is 2. The number of halogens is 2. The van der Waals surface area contributed by atoms with Gasteiger partial charge in [0.25, 0.3) is 0 Å². The molecular weight excluding hydrogens is 381 g/mol. The lowest BCUT2D eigenvalue weighted by atomic mass is 9.97. The van der Waals surface area contributed by atoms with Crippen LogP contribution in [0.2, 0.25) is 10.0 Å². The Hall–Kier alpha value is -1.75. The number of nitrogens with one attached hydrogen (secondary N) is 1. The van der Waals surface area contributed by atoms with Crippen molar-refractivity contribution in [3.63, 3.8) is 0 Å². The lowest BCUT2D eigenvalue weighted by Crippen LogP contribution is -2.38. The van der Waals surface area contributed by atoms with E-state index in [1.807, 2.05) is 25.1 Å². The zero-order valence-corrected chi connectivity index (χ0v) is 16.9. The number of rotatable bonds is 6. The van der Waals surface area contributed by atoms with Crippen LogP contribution in [-0.4, -0.2) is 30.4 Å². The summed E-state index contributed by atoms with van der Waals surface area (Å²) in [5, 5.41) is 4.00. The summed E-state index contributed by atoms with van der Waals surface area (Å²) in [6.07, 6.45) is 2.43. The van der Waals surface area contributed by atoms with Gasteiger partial charge in [0.1, 0.15) is 0 Å². The quantitative estimate of drug-likeness (QED) is 0.688. The van der Waals surface area contributed by atoms with Crippen molar-refractivity contribution in [1.29, 1.82) is 0 Å². The number of carbonyl (C=O) groups excluding carboxylic acids is 1. The summed E-state index contributed by atoms with van der Waals surface area (Å²) in [7, 11) is 0. The van der Waals surface area contributed by atoms with Gasteiger partial charge in [-0.3, -0.25) is 4.79 Å². The molecule has 6 heteroatoms. The van der Waals surface area contributed by atoms with Crippen molar-refractivity contribution in [2.75, 3.05) is 25.4 Å². The van der Waals surface area contributed by atoms with E-state index in [1.54, 1.807) is 12.1 Å². The maximum atomic E-state index is 13.0. The molecule has 1 heterocycles. The second-order valence-electron chi connectivity index (χ2n) is 7.10. The first-order valence-corrected chi connectivity index (χ1v) is 10.0. The maximum absolute atomic E-state index is 13.0. The van der Waals surface area contributed by atoms with Gasteiger partial charge >= 0.3 is 0 Å². The molecule has 0 bridgehead atoms. The minimum absolute atomic E-state index is 0.0664. The molecule has 0 aromatic heterocycles. The van der Waals surface area contributed by atoms with Crippen LogP contribution in [0.1, 0.15) is 42.9 Å². The van der Waals surface area contributed by atoms with Crippen LogP contribution in [0.15, 0.2) is 42.5 Å². The van der Waals surface area contributed by atoms with E-state index in [0.29, 0.717) is 21.3 Å². The summed E-state index contributed by atoms with van der Waals surface area (Å²) in [4.78, 5) is 15.4. The van der Waals surface area contributed by atoms with Crippen molar-refractivity contribution in [1.82, 2.24) is 10.2 Å². The molecule has 1 aliphatic heterocycles. The molecule has 1 fully saturated rings. The molecule has 3 rings (SSSR count). The molecule has 2 aromatic carbocycles. The topological polar surface area (TPSA) is 58.4 Å². The van der Waals surface area contributed by atoms with Gasteiger partial charge in [-0.05, 0) is 56.1 Å². The lowest BCUT2D eigenvalue weighted by Gasteiger charge is -2.26. The van der Waals surface area contributed by atoms with E-state index in [1.165, 1.54) is 12.8 Å². The Labute approximate surface area is 170 Å². The zero-order valence-electron chi connectivity index (χ0n) is 15.4. The first-order valence-electron chi connectivity index (χ1n) is 9.28. The molecule has 1 aliphatic rings. The van der Waals surface area contributed by atoms with Crippen molar-refractivity contribution in [3.05, 3.63) is 63.6 Å². The number of likely N-dealkylation sites (tertiary alicyclic amines) is 1. The number of benzene rings is 2. The van der Waals surface area contributed by atoms with Gasteiger partial charge in [-0.15, -0.1) is 0 Å². The molecule has 0 spiro atoms. The number of nitrogens with zero attached hydrogens (tertiary/aromatic N) is 1. The lowest BCUT2D eigenvalue weighted by molar-refractivity contribution is -0.123. The average Bonchev–Trinajstić information content (AvgIpc) is 3.17. The van der Waals surface area contributed by atoms with Crippen molar-refractivity contribution < 1.29 is 4.79 Å². The molecule has 1 unspecified atom stereocenters. The Kier molecular flexibility index (Phi) is 6.64. The van der Waals surface area contributed by atoms with E-state index < -0.39 is 5.92 Å². The van der Waals surface area contributed by atoms with E-state index >= 15 is 0 Å². The first-order chi connectivity index (χ1) is 13.0. The highest BCUT2D eigenvalue weighted by Crippen LogP contribution is 2.32. The van der Waals surface area contributed by atoms with E-state index in [4.69, 9.17) is 28.9 Å². The first kappa shape index (κ1) is 20.0. The molecule has 4 nitrogen and oxygen atoms in total. The fraction of sp³-hybridized carbons (Fsp3) is 0.381. The standard InChI is InChI=1S/C21H25Cl2N3O/c1-14(16-11-17(22)18(23)12-19(16)24)21(27)25-20(13-26-9-5-6-10-26)15-7-3-2-4-8-15/h2-4,7-8,11-12,14,20H,5-6,9-10,13,24H2,1H3,(H,25,27)/t14?,20-/m1/s1. The Morgan fingerprint density at radius 1 is 1.15 bits per heavy atom.